The Morgan fingerprint density at radius 1 is 1.28 bits per heavy atom. The summed E-state index contributed by atoms with van der Waals surface area (Å²) in [4.78, 5) is 40.9. The Hall–Kier alpha value is -2.07. The molecular formula is C19H23N3O5S2. The van der Waals surface area contributed by atoms with Crippen LogP contribution in [0.3, 0.4) is 0 Å². The third-order valence-corrected chi connectivity index (χ3v) is 8.67. The number of carbonyl (C=O) groups excluding carboxylic acids is 3. The summed E-state index contributed by atoms with van der Waals surface area (Å²) in [5.41, 5.74) is -0.0331. The van der Waals surface area contributed by atoms with Crippen LogP contribution in [-0.2, 0) is 26.0 Å². The zero-order chi connectivity index (χ0) is 20.6. The fourth-order valence-corrected chi connectivity index (χ4v) is 7.16. The minimum Gasteiger partial charge on any atom is -0.333 e. The molecule has 0 bridgehead atoms. The van der Waals surface area contributed by atoms with E-state index in [4.69, 9.17) is 0 Å². The Morgan fingerprint density at radius 3 is 2.66 bits per heavy atom. The van der Waals surface area contributed by atoms with E-state index in [1.807, 2.05) is 30.3 Å². The van der Waals surface area contributed by atoms with E-state index in [2.05, 4.69) is 5.32 Å². The first-order valence-electron chi connectivity index (χ1n) is 9.55. The molecule has 10 heteroatoms. The standard InChI is InChI=1S/C19H23N3O5S2/c23-16(11-22-17(24)19(20-18(22)25)7-8-28-13-19)21(10-14-4-2-1-3-5-14)15-6-9-29(26,27)12-15/h1-5,15H,6-13H2,(H,20,25)/t15-,19+/m1/s1. The third-order valence-electron chi connectivity index (χ3n) is 5.73. The van der Waals surface area contributed by atoms with Gasteiger partial charge in [0.1, 0.15) is 12.1 Å². The van der Waals surface area contributed by atoms with Crippen LogP contribution in [0.4, 0.5) is 4.79 Å². The number of nitrogens with zero attached hydrogens (tertiary/aromatic N) is 2. The van der Waals surface area contributed by atoms with E-state index in [1.54, 1.807) is 11.8 Å². The molecule has 3 aliphatic heterocycles. The molecule has 1 aromatic carbocycles. The Bertz CT molecular complexity index is 928. The van der Waals surface area contributed by atoms with Gasteiger partial charge in [-0.3, -0.25) is 14.5 Å². The highest BCUT2D eigenvalue weighted by atomic mass is 32.2. The first-order chi connectivity index (χ1) is 13.8. The molecule has 1 spiro atoms. The van der Waals surface area contributed by atoms with Crippen molar-refractivity contribution in [1.82, 2.24) is 15.1 Å². The van der Waals surface area contributed by atoms with Crippen molar-refractivity contribution in [3.63, 3.8) is 0 Å². The van der Waals surface area contributed by atoms with Crippen molar-refractivity contribution in [1.29, 1.82) is 0 Å². The van der Waals surface area contributed by atoms with E-state index in [9.17, 15) is 22.8 Å². The molecule has 4 amide bonds. The molecule has 2 atom stereocenters. The molecule has 156 valence electrons. The number of hydrogen-bond donors (Lipinski definition) is 1. The zero-order valence-corrected chi connectivity index (χ0v) is 17.5. The van der Waals surface area contributed by atoms with Gasteiger partial charge in [-0.25, -0.2) is 13.2 Å². The van der Waals surface area contributed by atoms with Crippen molar-refractivity contribution in [2.75, 3.05) is 29.6 Å². The van der Waals surface area contributed by atoms with Crippen molar-refractivity contribution in [2.24, 2.45) is 0 Å². The molecule has 3 heterocycles. The lowest BCUT2D eigenvalue weighted by Crippen LogP contribution is -2.49. The van der Waals surface area contributed by atoms with Crippen LogP contribution in [0, 0.1) is 0 Å². The van der Waals surface area contributed by atoms with Crippen LogP contribution in [0.5, 0.6) is 0 Å². The monoisotopic (exact) mass is 437 g/mol. The van der Waals surface area contributed by atoms with Crippen molar-refractivity contribution < 1.29 is 22.8 Å². The molecule has 3 aliphatic rings. The van der Waals surface area contributed by atoms with Crippen LogP contribution < -0.4 is 5.32 Å². The molecule has 29 heavy (non-hydrogen) atoms. The van der Waals surface area contributed by atoms with Crippen LogP contribution in [0.15, 0.2) is 30.3 Å². The van der Waals surface area contributed by atoms with Crippen molar-refractivity contribution in [2.45, 2.75) is 31.0 Å². The number of nitrogens with one attached hydrogen (secondary N) is 1. The summed E-state index contributed by atoms with van der Waals surface area (Å²) >= 11 is 1.60. The molecule has 4 rings (SSSR count). The minimum atomic E-state index is -3.19. The lowest BCUT2D eigenvalue weighted by molar-refractivity contribution is -0.140. The topological polar surface area (TPSA) is 104 Å². The Labute approximate surface area is 173 Å². The Balaban J connectivity index is 1.53. The molecule has 1 aromatic rings. The van der Waals surface area contributed by atoms with Crippen molar-refractivity contribution >= 4 is 39.4 Å². The first-order valence-corrected chi connectivity index (χ1v) is 12.5. The van der Waals surface area contributed by atoms with E-state index in [0.29, 0.717) is 18.6 Å². The lowest BCUT2D eigenvalue weighted by Gasteiger charge is -2.30. The summed E-state index contributed by atoms with van der Waals surface area (Å²) in [6.07, 6.45) is 0.920. The van der Waals surface area contributed by atoms with Gasteiger partial charge in [-0.1, -0.05) is 30.3 Å². The van der Waals surface area contributed by atoms with Gasteiger partial charge >= 0.3 is 6.03 Å². The van der Waals surface area contributed by atoms with Crippen LogP contribution in [0.2, 0.25) is 0 Å². The second kappa shape index (κ2) is 7.64. The molecule has 0 saturated carbocycles. The highest BCUT2D eigenvalue weighted by molar-refractivity contribution is 7.99. The maximum Gasteiger partial charge on any atom is 0.325 e. The SMILES string of the molecule is O=C1N[C@]2(CCSC2)C(=O)N1CC(=O)N(Cc1ccccc1)[C@@H]1CCS(=O)(=O)C1. The second-order valence-corrected chi connectivity index (χ2v) is 11.1. The predicted octanol–water partition coefficient (Wildman–Crippen LogP) is 0.630. The van der Waals surface area contributed by atoms with Gasteiger partial charge in [0.05, 0.1) is 11.5 Å². The second-order valence-electron chi connectivity index (χ2n) is 7.77. The molecule has 0 aromatic heterocycles. The molecule has 0 aliphatic carbocycles. The number of benzene rings is 1. The summed E-state index contributed by atoms with van der Waals surface area (Å²) in [6, 6.07) is 8.28. The molecule has 1 N–H and O–H groups in total. The quantitative estimate of drug-likeness (QED) is 0.678. The average Bonchev–Trinajstić information content (AvgIpc) is 3.36. The van der Waals surface area contributed by atoms with Gasteiger partial charge < -0.3 is 10.2 Å². The van der Waals surface area contributed by atoms with Crippen LogP contribution in [0.1, 0.15) is 18.4 Å². The van der Waals surface area contributed by atoms with Crippen molar-refractivity contribution in [3.8, 4) is 0 Å². The number of hydrogen-bond acceptors (Lipinski definition) is 6. The smallest absolute Gasteiger partial charge is 0.325 e. The van der Waals surface area contributed by atoms with Gasteiger partial charge in [-0.2, -0.15) is 11.8 Å². The van der Waals surface area contributed by atoms with Crippen molar-refractivity contribution in [3.05, 3.63) is 35.9 Å². The zero-order valence-electron chi connectivity index (χ0n) is 15.9. The van der Waals surface area contributed by atoms with Gasteiger partial charge in [0.15, 0.2) is 9.84 Å². The summed E-state index contributed by atoms with van der Waals surface area (Å²) in [7, 11) is -3.19. The summed E-state index contributed by atoms with van der Waals surface area (Å²) in [6.45, 7) is -0.134. The van der Waals surface area contributed by atoms with Crippen LogP contribution in [0.25, 0.3) is 0 Å². The maximum atomic E-state index is 13.1. The average molecular weight is 438 g/mol. The van der Waals surface area contributed by atoms with Gasteiger partial charge in [0.25, 0.3) is 5.91 Å². The number of rotatable bonds is 5. The number of carbonyl (C=O) groups is 3. The van der Waals surface area contributed by atoms with E-state index in [0.717, 1.165) is 16.2 Å². The predicted molar refractivity (Wildman–Crippen MR) is 109 cm³/mol. The number of thioether (sulfide) groups is 1. The fraction of sp³-hybridized carbons (Fsp3) is 0.526. The number of sulfone groups is 1. The van der Waals surface area contributed by atoms with E-state index in [1.165, 1.54) is 4.90 Å². The molecule has 0 radical (unpaired) electrons. The minimum absolute atomic E-state index is 0.0414. The maximum absolute atomic E-state index is 13.1. The van der Waals surface area contributed by atoms with Gasteiger partial charge in [0.2, 0.25) is 5.91 Å². The molecular weight excluding hydrogens is 414 g/mol. The summed E-state index contributed by atoms with van der Waals surface area (Å²) in [5.74, 6) is 0.471. The molecule has 3 fully saturated rings. The number of urea groups is 1. The summed E-state index contributed by atoms with van der Waals surface area (Å²) in [5, 5.41) is 2.76. The Kier molecular flexibility index (Phi) is 5.32. The highest BCUT2D eigenvalue weighted by Crippen LogP contribution is 2.33. The van der Waals surface area contributed by atoms with E-state index >= 15 is 0 Å². The fourth-order valence-electron chi connectivity index (χ4n) is 4.10. The highest BCUT2D eigenvalue weighted by Gasteiger charge is 2.53. The molecule has 0 unspecified atom stereocenters. The number of amides is 4. The van der Waals surface area contributed by atoms with Gasteiger partial charge in [-0.15, -0.1) is 0 Å². The lowest BCUT2D eigenvalue weighted by atomic mass is 9.99. The first kappa shape index (κ1) is 20.2. The van der Waals surface area contributed by atoms with E-state index < -0.39 is 33.4 Å². The molecule has 3 saturated heterocycles. The van der Waals surface area contributed by atoms with Gasteiger partial charge in [0, 0.05) is 18.3 Å². The third kappa shape index (κ3) is 4.00. The van der Waals surface area contributed by atoms with Crippen LogP contribution in [-0.4, -0.2) is 77.2 Å². The van der Waals surface area contributed by atoms with Gasteiger partial charge in [-0.05, 0) is 24.2 Å². The number of imide groups is 1. The summed E-state index contributed by atoms with van der Waals surface area (Å²) < 4.78 is 23.9. The Morgan fingerprint density at radius 2 is 2.03 bits per heavy atom. The molecule has 8 nitrogen and oxygen atoms in total. The normalized spacial score (nSPS) is 28.1. The largest absolute Gasteiger partial charge is 0.333 e. The van der Waals surface area contributed by atoms with E-state index in [-0.39, 0.29) is 30.5 Å². The van der Waals surface area contributed by atoms with Crippen LogP contribution >= 0.6 is 11.8 Å².